The summed E-state index contributed by atoms with van der Waals surface area (Å²) in [4.78, 5) is 10.2. The molecule has 0 aliphatic heterocycles. The van der Waals surface area contributed by atoms with Gasteiger partial charge in [0.2, 0.25) is 5.72 Å². The minimum absolute atomic E-state index is 0.402. The number of nitrogens with two attached hydrogens (primary N) is 1. The summed E-state index contributed by atoms with van der Waals surface area (Å²) in [5, 5.41) is 26.4. The fraction of sp³-hybridized carbons (Fsp3) is 0.833. The van der Waals surface area contributed by atoms with Crippen LogP contribution < -0.4 is 5.73 Å². The molecule has 0 aromatic carbocycles. The molecule has 0 bridgehead atoms. The van der Waals surface area contributed by atoms with Crippen molar-refractivity contribution in [2.75, 3.05) is 0 Å². The van der Waals surface area contributed by atoms with Crippen LogP contribution in [0.5, 0.6) is 0 Å². The van der Waals surface area contributed by atoms with Gasteiger partial charge in [0, 0.05) is 0 Å². The van der Waals surface area contributed by atoms with E-state index in [-0.39, 0.29) is 0 Å². The predicted molar refractivity (Wildman–Crippen MR) is 37.6 cm³/mol. The molecule has 0 aromatic heterocycles. The Morgan fingerprint density at radius 2 is 1.91 bits per heavy atom. The first-order chi connectivity index (χ1) is 4.80. The van der Waals surface area contributed by atoms with Gasteiger partial charge in [0.25, 0.3) is 0 Å². The lowest BCUT2D eigenvalue weighted by Gasteiger charge is -2.26. The van der Waals surface area contributed by atoms with Gasteiger partial charge < -0.3 is 15.3 Å². The van der Waals surface area contributed by atoms with Crippen LogP contribution >= 0.6 is 0 Å². The van der Waals surface area contributed by atoms with Crippen LogP contribution in [0.1, 0.15) is 13.8 Å². The zero-order valence-electron chi connectivity index (χ0n) is 6.48. The number of aliphatic hydroxyl groups excluding tert-OH is 1. The topological polar surface area (TPSA) is 104 Å². The first kappa shape index (κ1) is 10.3. The third-order valence-corrected chi connectivity index (χ3v) is 1.42. The molecule has 0 aliphatic carbocycles. The smallest absolute Gasteiger partial charge is 0.353 e. The van der Waals surface area contributed by atoms with Gasteiger partial charge in [0.15, 0.2) is 0 Å². The van der Waals surface area contributed by atoms with Crippen LogP contribution in [0.15, 0.2) is 0 Å². The lowest BCUT2D eigenvalue weighted by Crippen LogP contribution is -2.59. The molecule has 5 N–H and O–H groups in total. The van der Waals surface area contributed by atoms with Crippen LogP contribution in [0, 0.1) is 5.92 Å². The van der Waals surface area contributed by atoms with E-state index in [1.165, 1.54) is 0 Å². The maximum absolute atomic E-state index is 10.2. The van der Waals surface area contributed by atoms with E-state index in [0.717, 1.165) is 0 Å². The number of hydrogen-bond donors (Lipinski definition) is 4. The first-order valence-electron chi connectivity index (χ1n) is 3.22. The quantitative estimate of drug-likeness (QED) is 0.388. The van der Waals surface area contributed by atoms with Crippen molar-refractivity contribution in [1.29, 1.82) is 0 Å². The Balaban J connectivity index is 4.42. The number of carbonyl (C=O) groups is 1. The summed E-state index contributed by atoms with van der Waals surface area (Å²) in [6.45, 7) is 3.12. The second-order valence-corrected chi connectivity index (χ2v) is 2.82. The number of rotatable bonds is 3. The Morgan fingerprint density at radius 3 is 2.00 bits per heavy atom. The largest absolute Gasteiger partial charge is 0.478 e. The summed E-state index contributed by atoms with van der Waals surface area (Å²) < 4.78 is 0. The third-order valence-electron chi connectivity index (χ3n) is 1.42. The molecule has 0 radical (unpaired) electrons. The van der Waals surface area contributed by atoms with Crippen LogP contribution in [0.2, 0.25) is 0 Å². The van der Waals surface area contributed by atoms with Gasteiger partial charge in [-0.05, 0) is 5.92 Å². The normalized spacial score (nSPS) is 19.5. The second kappa shape index (κ2) is 3.17. The second-order valence-electron chi connectivity index (χ2n) is 2.82. The molecule has 0 spiro atoms. The number of aliphatic hydroxyl groups is 2. The van der Waals surface area contributed by atoms with Crippen LogP contribution in [-0.2, 0) is 4.79 Å². The van der Waals surface area contributed by atoms with Gasteiger partial charge >= 0.3 is 5.97 Å². The van der Waals surface area contributed by atoms with Crippen LogP contribution in [0.4, 0.5) is 0 Å². The minimum Gasteiger partial charge on any atom is -0.478 e. The van der Waals surface area contributed by atoms with E-state index < -0.39 is 23.7 Å². The number of carboxylic acids is 1. The van der Waals surface area contributed by atoms with E-state index in [2.05, 4.69) is 0 Å². The van der Waals surface area contributed by atoms with Gasteiger partial charge in [-0.2, -0.15) is 0 Å². The molecule has 0 amide bonds. The van der Waals surface area contributed by atoms with Gasteiger partial charge in [0.05, 0.1) is 0 Å². The third kappa shape index (κ3) is 2.14. The maximum Gasteiger partial charge on any atom is 0.353 e. The van der Waals surface area contributed by atoms with Gasteiger partial charge in [-0.3, -0.25) is 5.73 Å². The van der Waals surface area contributed by atoms with Crippen molar-refractivity contribution >= 4 is 5.97 Å². The first-order valence-corrected chi connectivity index (χ1v) is 3.22. The van der Waals surface area contributed by atoms with Crippen molar-refractivity contribution in [3.05, 3.63) is 0 Å². The molecule has 5 heteroatoms. The summed E-state index contributed by atoms with van der Waals surface area (Å²) in [6, 6.07) is 0. The summed E-state index contributed by atoms with van der Waals surface area (Å²) in [5.41, 5.74) is 2.36. The zero-order valence-corrected chi connectivity index (χ0v) is 6.48. The summed E-state index contributed by atoms with van der Waals surface area (Å²) in [7, 11) is 0. The van der Waals surface area contributed by atoms with E-state index in [0.29, 0.717) is 0 Å². The highest BCUT2D eigenvalue weighted by atomic mass is 16.4. The van der Waals surface area contributed by atoms with Crippen molar-refractivity contribution in [3.8, 4) is 0 Å². The van der Waals surface area contributed by atoms with Crippen molar-refractivity contribution in [3.63, 3.8) is 0 Å². The average molecular weight is 163 g/mol. The molecule has 5 nitrogen and oxygen atoms in total. The Labute approximate surface area is 64.4 Å². The fourth-order valence-corrected chi connectivity index (χ4v) is 0.635. The van der Waals surface area contributed by atoms with Crippen LogP contribution in [0.3, 0.4) is 0 Å². The van der Waals surface area contributed by atoms with Crippen molar-refractivity contribution in [2.45, 2.75) is 25.7 Å². The molecule has 11 heavy (non-hydrogen) atoms. The Hall–Kier alpha value is -0.650. The van der Waals surface area contributed by atoms with Crippen molar-refractivity contribution in [1.82, 2.24) is 0 Å². The molecule has 0 fully saturated rings. The monoisotopic (exact) mass is 163 g/mol. The molecule has 0 aromatic rings. The van der Waals surface area contributed by atoms with Crippen molar-refractivity contribution in [2.24, 2.45) is 11.7 Å². The standard InChI is InChI=1S/C6H13NO4/c1-3(2)4(8)6(7,11)5(9)10/h3-4,8,11H,7H2,1-2H3,(H,9,10)/t4?,6-/m1/s1. The molecule has 2 atom stereocenters. The predicted octanol–water partition coefficient (Wildman–Crippen LogP) is -1.26. The van der Waals surface area contributed by atoms with Crippen LogP contribution in [0.25, 0.3) is 0 Å². The molecule has 0 heterocycles. The van der Waals surface area contributed by atoms with E-state index in [9.17, 15) is 4.79 Å². The van der Waals surface area contributed by atoms with E-state index in [1.807, 2.05) is 0 Å². The molecule has 1 unspecified atom stereocenters. The lowest BCUT2D eigenvalue weighted by molar-refractivity contribution is -0.174. The van der Waals surface area contributed by atoms with Crippen LogP contribution in [-0.4, -0.2) is 33.1 Å². The SMILES string of the molecule is CC(C)C(O)[C@@](N)(O)C(=O)O. The minimum atomic E-state index is -2.55. The highest BCUT2D eigenvalue weighted by molar-refractivity contribution is 5.77. The number of hydrogen-bond acceptors (Lipinski definition) is 4. The summed E-state index contributed by atoms with van der Waals surface area (Å²) >= 11 is 0. The van der Waals surface area contributed by atoms with Gasteiger partial charge in [-0.1, -0.05) is 13.8 Å². The molecule has 0 saturated heterocycles. The average Bonchev–Trinajstić information content (AvgIpc) is 1.85. The Kier molecular flexibility index (Phi) is 2.98. The molecule has 0 saturated carbocycles. The summed E-state index contributed by atoms with van der Waals surface area (Å²) in [5.74, 6) is -2.03. The number of aliphatic carboxylic acids is 1. The number of carboxylic acid groups (broad SMARTS) is 1. The molecular formula is C6H13NO4. The Bertz CT molecular complexity index is 155. The Morgan fingerprint density at radius 1 is 1.55 bits per heavy atom. The van der Waals surface area contributed by atoms with Gasteiger partial charge in [-0.15, -0.1) is 0 Å². The highest BCUT2D eigenvalue weighted by Crippen LogP contribution is 2.12. The fourth-order valence-electron chi connectivity index (χ4n) is 0.635. The highest BCUT2D eigenvalue weighted by Gasteiger charge is 2.40. The zero-order chi connectivity index (χ0) is 9.23. The van der Waals surface area contributed by atoms with E-state index in [1.54, 1.807) is 13.8 Å². The summed E-state index contributed by atoms with van der Waals surface area (Å²) in [6.07, 6.45) is -1.46. The van der Waals surface area contributed by atoms with E-state index >= 15 is 0 Å². The van der Waals surface area contributed by atoms with Gasteiger partial charge in [-0.25, -0.2) is 4.79 Å². The lowest BCUT2D eigenvalue weighted by atomic mass is 9.97. The molecular weight excluding hydrogens is 150 g/mol. The van der Waals surface area contributed by atoms with E-state index in [4.69, 9.17) is 21.1 Å². The maximum atomic E-state index is 10.2. The molecule has 0 rings (SSSR count). The van der Waals surface area contributed by atoms with Crippen molar-refractivity contribution < 1.29 is 20.1 Å². The van der Waals surface area contributed by atoms with Gasteiger partial charge in [0.1, 0.15) is 6.10 Å². The molecule has 0 aliphatic rings. The molecule has 66 valence electrons.